The van der Waals surface area contributed by atoms with E-state index in [0.717, 1.165) is 0 Å². The Balaban J connectivity index is 2.48. The van der Waals surface area contributed by atoms with Crippen LogP contribution in [-0.4, -0.2) is 18.0 Å². The van der Waals surface area contributed by atoms with Gasteiger partial charge >= 0.3 is 0 Å². The highest BCUT2D eigenvalue weighted by Crippen LogP contribution is 2.22. The number of rotatable bonds is 0. The van der Waals surface area contributed by atoms with E-state index in [9.17, 15) is 0 Å². The Bertz CT molecular complexity index is 110. The van der Waals surface area contributed by atoms with Crippen molar-refractivity contribution in [2.24, 2.45) is 0 Å². The van der Waals surface area contributed by atoms with Crippen LogP contribution >= 0.6 is 12.6 Å². The molecule has 1 nitrogen and oxygen atoms in total. The molecule has 0 unspecified atom stereocenters. The van der Waals surface area contributed by atoms with E-state index in [1.165, 1.54) is 0 Å². The van der Waals surface area contributed by atoms with Crippen LogP contribution in [0.15, 0.2) is 0 Å². The third kappa shape index (κ3) is 0.744. The summed E-state index contributed by atoms with van der Waals surface area (Å²) < 4.78 is 4.57. The Morgan fingerprint density at radius 3 is 2.29 bits per heavy atom. The van der Waals surface area contributed by atoms with Crippen LogP contribution in [0, 0.1) is 12.3 Å². The quantitative estimate of drug-likeness (QED) is 0.352. The Hall–Kier alpha value is -0.130. The standard InChI is InChI=1S/C5H6OS/c1-2-5(7)3-6-4-5/h1,7H,3-4H2. The van der Waals surface area contributed by atoms with E-state index < -0.39 is 0 Å². The van der Waals surface area contributed by atoms with E-state index in [1.807, 2.05) is 0 Å². The molecule has 0 aliphatic carbocycles. The second-order valence-corrected chi connectivity index (χ2v) is 2.52. The van der Waals surface area contributed by atoms with E-state index in [4.69, 9.17) is 11.2 Å². The lowest BCUT2D eigenvalue weighted by Crippen LogP contribution is -2.42. The molecule has 0 radical (unpaired) electrons. The molecule has 1 fully saturated rings. The van der Waals surface area contributed by atoms with Crippen molar-refractivity contribution in [1.29, 1.82) is 0 Å². The monoisotopic (exact) mass is 114 g/mol. The van der Waals surface area contributed by atoms with Gasteiger partial charge in [0.1, 0.15) is 4.75 Å². The molecule has 0 atom stereocenters. The molecule has 0 saturated carbocycles. The van der Waals surface area contributed by atoms with Gasteiger partial charge in [-0.1, -0.05) is 5.92 Å². The second kappa shape index (κ2) is 1.43. The minimum absolute atomic E-state index is 0.236. The van der Waals surface area contributed by atoms with Crippen LogP contribution in [0.5, 0.6) is 0 Å². The molecule has 0 spiro atoms. The number of hydrogen-bond acceptors (Lipinski definition) is 2. The molecule has 1 heterocycles. The van der Waals surface area contributed by atoms with Gasteiger partial charge in [0.15, 0.2) is 0 Å². The maximum atomic E-state index is 5.06. The average Bonchev–Trinajstić information content (AvgIpc) is 1.61. The second-order valence-electron chi connectivity index (χ2n) is 1.67. The molecule has 38 valence electrons. The van der Waals surface area contributed by atoms with Crippen molar-refractivity contribution >= 4 is 12.6 Å². The fourth-order valence-electron chi connectivity index (χ4n) is 0.379. The summed E-state index contributed by atoms with van der Waals surface area (Å²) in [6.07, 6.45) is 5.06. The average molecular weight is 114 g/mol. The normalized spacial score (nSPS) is 25.1. The molecule has 7 heavy (non-hydrogen) atoms. The lowest BCUT2D eigenvalue weighted by atomic mass is 10.1. The highest BCUT2D eigenvalue weighted by molar-refractivity contribution is 7.82. The maximum absolute atomic E-state index is 5.06. The first kappa shape index (κ1) is 5.02. The van der Waals surface area contributed by atoms with Gasteiger partial charge in [0.2, 0.25) is 0 Å². The summed E-state index contributed by atoms with van der Waals surface area (Å²) in [6.45, 7) is 1.21. The molecular weight excluding hydrogens is 108 g/mol. The van der Waals surface area contributed by atoms with Crippen molar-refractivity contribution in [3.63, 3.8) is 0 Å². The number of ether oxygens (including phenoxy) is 1. The summed E-state index contributed by atoms with van der Waals surface area (Å²) in [6, 6.07) is 0. The van der Waals surface area contributed by atoms with E-state index in [2.05, 4.69) is 18.5 Å². The SMILES string of the molecule is C#CC1(S)COC1. The van der Waals surface area contributed by atoms with Crippen molar-refractivity contribution in [1.82, 2.24) is 0 Å². The summed E-state index contributed by atoms with van der Waals surface area (Å²) in [5.41, 5.74) is 0. The fraction of sp³-hybridized carbons (Fsp3) is 0.600. The van der Waals surface area contributed by atoms with Crippen molar-refractivity contribution < 1.29 is 4.74 Å². The predicted octanol–water partition coefficient (Wildman–Crippen LogP) is 0.318. The van der Waals surface area contributed by atoms with E-state index >= 15 is 0 Å². The first-order valence-electron chi connectivity index (χ1n) is 2.05. The van der Waals surface area contributed by atoms with Crippen LogP contribution in [-0.2, 0) is 4.74 Å². The maximum Gasteiger partial charge on any atom is 0.120 e. The van der Waals surface area contributed by atoms with Crippen LogP contribution in [0.25, 0.3) is 0 Å². The molecule has 0 amide bonds. The zero-order valence-corrected chi connectivity index (χ0v) is 4.74. The van der Waals surface area contributed by atoms with Gasteiger partial charge < -0.3 is 4.74 Å². The van der Waals surface area contributed by atoms with Crippen LogP contribution in [0.1, 0.15) is 0 Å². The third-order valence-corrected chi connectivity index (χ3v) is 1.34. The molecule has 2 heteroatoms. The Labute approximate surface area is 48.5 Å². The molecule has 0 bridgehead atoms. The smallest absolute Gasteiger partial charge is 0.120 e. The van der Waals surface area contributed by atoms with Crippen molar-refractivity contribution in [2.75, 3.05) is 13.2 Å². The number of terminal acetylenes is 1. The van der Waals surface area contributed by atoms with Gasteiger partial charge in [-0.2, -0.15) is 12.6 Å². The Morgan fingerprint density at radius 2 is 2.29 bits per heavy atom. The molecule has 1 saturated heterocycles. The Morgan fingerprint density at radius 1 is 1.71 bits per heavy atom. The lowest BCUT2D eigenvalue weighted by molar-refractivity contribution is 0.0180. The molecule has 0 N–H and O–H groups in total. The summed E-state index contributed by atoms with van der Waals surface area (Å²) in [4.78, 5) is 0. The van der Waals surface area contributed by atoms with Crippen LogP contribution in [0.4, 0.5) is 0 Å². The van der Waals surface area contributed by atoms with Crippen LogP contribution in [0.3, 0.4) is 0 Å². The first-order valence-corrected chi connectivity index (χ1v) is 2.49. The van der Waals surface area contributed by atoms with E-state index in [0.29, 0.717) is 13.2 Å². The summed E-state index contributed by atoms with van der Waals surface area (Å²) in [7, 11) is 0. The zero-order valence-electron chi connectivity index (χ0n) is 3.85. The highest BCUT2D eigenvalue weighted by Gasteiger charge is 2.31. The Kier molecular flexibility index (Phi) is 1.02. The first-order chi connectivity index (χ1) is 3.27. The molecular formula is C5H6OS. The molecule has 1 aliphatic rings. The minimum atomic E-state index is -0.236. The van der Waals surface area contributed by atoms with Gasteiger partial charge in [0, 0.05) is 0 Å². The number of hydrogen-bond donors (Lipinski definition) is 1. The van der Waals surface area contributed by atoms with Crippen LogP contribution in [0.2, 0.25) is 0 Å². The fourth-order valence-corrected chi connectivity index (χ4v) is 0.561. The largest absolute Gasteiger partial charge is 0.376 e. The molecule has 1 rings (SSSR count). The topological polar surface area (TPSA) is 9.23 Å². The van der Waals surface area contributed by atoms with Gasteiger partial charge in [-0.3, -0.25) is 0 Å². The summed E-state index contributed by atoms with van der Waals surface area (Å²) in [5.74, 6) is 2.52. The van der Waals surface area contributed by atoms with Gasteiger partial charge in [0.25, 0.3) is 0 Å². The summed E-state index contributed by atoms with van der Waals surface area (Å²) in [5, 5.41) is 0. The minimum Gasteiger partial charge on any atom is -0.376 e. The van der Waals surface area contributed by atoms with Gasteiger partial charge in [0.05, 0.1) is 13.2 Å². The molecule has 0 aromatic heterocycles. The molecule has 0 aromatic rings. The third-order valence-electron chi connectivity index (χ3n) is 0.950. The molecule has 0 aromatic carbocycles. The summed E-state index contributed by atoms with van der Waals surface area (Å²) >= 11 is 4.11. The van der Waals surface area contributed by atoms with Gasteiger partial charge in [-0.25, -0.2) is 0 Å². The van der Waals surface area contributed by atoms with Crippen LogP contribution < -0.4 is 0 Å². The zero-order chi connectivity index (χ0) is 5.33. The van der Waals surface area contributed by atoms with Crippen molar-refractivity contribution in [3.05, 3.63) is 0 Å². The van der Waals surface area contributed by atoms with Gasteiger partial charge in [-0.05, 0) is 0 Å². The van der Waals surface area contributed by atoms with Crippen molar-refractivity contribution in [3.8, 4) is 12.3 Å². The lowest BCUT2D eigenvalue weighted by Gasteiger charge is -2.31. The number of thiol groups is 1. The van der Waals surface area contributed by atoms with Gasteiger partial charge in [-0.15, -0.1) is 6.42 Å². The van der Waals surface area contributed by atoms with Crippen molar-refractivity contribution in [2.45, 2.75) is 4.75 Å². The highest BCUT2D eigenvalue weighted by atomic mass is 32.1. The van der Waals surface area contributed by atoms with E-state index in [1.54, 1.807) is 0 Å². The van der Waals surface area contributed by atoms with E-state index in [-0.39, 0.29) is 4.75 Å². The predicted molar refractivity (Wildman–Crippen MR) is 31.4 cm³/mol. The molecule has 1 aliphatic heterocycles.